The maximum absolute atomic E-state index is 6.78. The van der Waals surface area contributed by atoms with Gasteiger partial charge in [0.15, 0.2) is 0 Å². The van der Waals surface area contributed by atoms with Crippen molar-refractivity contribution >= 4 is 17.8 Å². The zero-order valence-electron chi connectivity index (χ0n) is 21.3. The first kappa shape index (κ1) is 23.2. The van der Waals surface area contributed by atoms with Gasteiger partial charge >= 0.3 is 0 Å². The topological polar surface area (TPSA) is 21.7 Å². The fourth-order valence-corrected chi connectivity index (χ4v) is 5.15. The normalized spacial score (nSPS) is 17.4. The zero-order valence-corrected chi connectivity index (χ0v) is 21.3. The lowest BCUT2D eigenvalue weighted by molar-refractivity contribution is -0.0472. The molecule has 2 aliphatic heterocycles. The van der Waals surface area contributed by atoms with Gasteiger partial charge in [0.2, 0.25) is 0 Å². The molecule has 37 heavy (non-hydrogen) atoms. The van der Waals surface area contributed by atoms with Crippen molar-refractivity contribution in [1.29, 1.82) is 0 Å². The molecule has 184 valence electrons. The average molecular weight is 486 g/mol. The molecule has 1 unspecified atom stereocenters. The van der Waals surface area contributed by atoms with Crippen molar-refractivity contribution in [1.82, 2.24) is 0 Å². The monoisotopic (exact) mass is 485 g/mol. The maximum atomic E-state index is 6.78. The van der Waals surface area contributed by atoms with E-state index in [1.807, 2.05) is 18.2 Å². The van der Waals surface area contributed by atoms with Crippen LogP contribution in [-0.4, -0.2) is 5.79 Å². The van der Waals surface area contributed by atoms with Gasteiger partial charge in [-0.25, -0.2) is 0 Å². The summed E-state index contributed by atoms with van der Waals surface area (Å²) in [6.07, 6.45) is 6.41. The van der Waals surface area contributed by atoms with Crippen molar-refractivity contribution in [2.75, 3.05) is 4.90 Å². The van der Waals surface area contributed by atoms with Gasteiger partial charge in [0.25, 0.3) is 5.79 Å². The Hall–Kier alpha value is -4.24. The number of hydrogen-bond acceptors (Lipinski definition) is 3. The molecule has 0 aromatic heterocycles. The van der Waals surface area contributed by atoms with E-state index in [4.69, 9.17) is 9.47 Å². The number of hydrogen-bond donors (Lipinski definition) is 0. The number of para-hydroxylation sites is 1. The fourth-order valence-electron chi connectivity index (χ4n) is 5.15. The van der Waals surface area contributed by atoms with Crippen molar-refractivity contribution < 1.29 is 9.47 Å². The molecule has 3 nitrogen and oxygen atoms in total. The Kier molecular flexibility index (Phi) is 6.05. The molecular formula is C34H31NO2. The predicted molar refractivity (Wildman–Crippen MR) is 151 cm³/mol. The van der Waals surface area contributed by atoms with Gasteiger partial charge in [-0.05, 0) is 47.4 Å². The fraction of sp³-hybridized carbons (Fsp3) is 0.176. The van der Waals surface area contributed by atoms with Crippen LogP contribution >= 0.6 is 0 Å². The summed E-state index contributed by atoms with van der Waals surface area (Å²) in [6.45, 7) is 5.98. The van der Waals surface area contributed by atoms with E-state index in [-0.39, 0.29) is 5.92 Å². The molecule has 1 spiro atoms. The molecule has 6 rings (SSSR count). The summed E-state index contributed by atoms with van der Waals surface area (Å²) in [7, 11) is 0. The van der Waals surface area contributed by atoms with E-state index in [1.165, 1.54) is 11.1 Å². The minimum atomic E-state index is -0.947. The molecule has 0 saturated heterocycles. The molecule has 0 radical (unpaired) electrons. The predicted octanol–water partition coefficient (Wildman–Crippen LogP) is 8.13. The number of rotatable bonds is 6. The number of fused-ring (bicyclic) bond motifs is 2. The number of ether oxygens (including phenoxy) is 2. The van der Waals surface area contributed by atoms with Gasteiger partial charge in [-0.2, -0.15) is 0 Å². The van der Waals surface area contributed by atoms with Crippen LogP contribution < -0.4 is 14.4 Å². The van der Waals surface area contributed by atoms with Gasteiger partial charge in [0.05, 0.1) is 0 Å². The van der Waals surface area contributed by atoms with Gasteiger partial charge < -0.3 is 14.4 Å². The van der Waals surface area contributed by atoms with E-state index < -0.39 is 5.79 Å². The third kappa shape index (κ3) is 4.65. The first-order valence-electron chi connectivity index (χ1n) is 12.9. The molecule has 3 heteroatoms. The Morgan fingerprint density at radius 1 is 0.676 bits per heavy atom. The SMILES string of the molecule is CC(C)C1=Cc2ccc(N(Cc3ccccc3)Cc3ccccc3)cc2OC12C=Cc1ccccc1O2. The molecular weight excluding hydrogens is 454 g/mol. The molecule has 4 aromatic rings. The highest BCUT2D eigenvalue weighted by Crippen LogP contribution is 2.45. The van der Waals surface area contributed by atoms with E-state index in [9.17, 15) is 0 Å². The largest absolute Gasteiger partial charge is 0.444 e. The van der Waals surface area contributed by atoms with Gasteiger partial charge in [0.1, 0.15) is 11.5 Å². The Bertz CT molecular complexity index is 1410. The summed E-state index contributed by atoms with van der Waals surface area (Å²) in [4.78, 5) is 2.40. The summed E-state index contributed by atoms with van der Waals surface area (Å²) in [5.74, 6) is 0.982. The molecule has 0 saturated carbocycles. The highest BCUT2D eigenvalue weighted by molar-refractivity contribution is 5.72. The summed E-state index contributed by atoms with van der Waals surface area (Å²) in [6, 6.07) is 35.9. The molecule has 0 fully saturated rings. The van der Waals surface area contributed by atoms with E-state index in [1.54, 1.807) is 0 Å². The number of nitrogens with zero attached hydrogens (tertiary/aromatic N) is 1. The standard InChI is InChI=1S/C34H31NO2/c1-25(2)31-21-29-17-18-30(22-33(29)37-34(31)20-19-28-15-9-10-16-32(28)36-34)35(23-26-11-5-3-6-12-26)24-27-13-7-4-8-14-27/h3-22,25H,23-24H2,1-2H3. The second-order valence-corrected chi connectivity index (χ2v) is 10.0. The molecule has 4 aromatic carbocycles. The van der Waals surface area contributed by atoms with Crippen molar-refractivity contribution in [3.63, 3.8) is 0 Å². The molecule has 0 bridgehead atoms. The molecule has 1 atom stereocenters. The second-order valence-electron chi connectivity index (χ2n) is 10.0. The van der Waals surface area contributed by atoms with E-state index in [0.29, 0.717) is 0 Å². The molecule has 2 heterocycles. The van der Waals surface area contributed by atoms with Crippen LogP contribution in [0.15, 0.2) is 115 Å². The molecule has 0 aliphatic carbocycles. The van der Waals surface area contributed by atoms with E-state index >= 15 is 0 Å². The van der Waals surface area contributed by atoms with Crippen LogP contribution in [0.25, 0.3) is 12.2 Å². The van der Waals surface area contributed by atoms with Crippen LogP contribution in [-0.2, 0) is 13.1 Å². The lowest BCUT2D eigenvalue weighted by Gasteiger charge is -2.41. The number of anilines is 1. The summed E-state index contributed by atoms with van der Waals surface area (Å²) in [5.41, 5.74) is 6.91. The van der Waals surface area contributed by atoms with Gasteiger partial charge in [0, 0.05) is 47.6 Å². The number of benzene rings is 4. The Morgan fingerprint density at radius 3 is 1.97 bits per heavy atom. The highest BCUT2D eigenvalue weighted by atomic mass is 16.7. The van der Waals surface area contributed by atoms with Crippen molar-refractivity contribution in [2.24, 2.45) is 5.92 Å². The Morgan fingerprint density at radius 2 is 1.30 bits per heavy atom. The van der Waals surface area contributed by atoms with E-state index in [0.717, 1.165) is 47.0 Å². The van der Waals surface area contributed by atoms with Gasteiger partial charge in [-0.3, -0.25) is 0 Å². The summed E-state index contributed by atoms with van der Waals surface area (Å²) in [5, 5.41) is 0. The van der Waals surface area contributed by atoms with Gasteiger partial charge in [-0.15, -0.1) is 0 Å². The second kappa shape index (κ2) is 9.67. The summed E-state index contributed by atoms with van der Waals surface area (Å²) < 4.78 is 13.4. The quantitative estimate of drug-likeness (QED) is 0.275. The first-order chi connectivity index (χ1) is 18.1. The highest BCUT2D eigenvalue weighted by Gasteiger charge is 2.43. The molecule has 2 aliphatic rings. The van der Waals surface area contributed by atoms with Crippen LogP contribution in [0.4, 0.5) is 5.69 Å². The van der Waals surface area contributed by atoms with Crippen LogP contribution in [0.1, 0.15) is 36.1 Å². The lowest BCUT2D eigenvalue weighted by atomic mass is 9.88. The minimum Gasteiger partial charge on any atom is -0.444 e. The maximum Gasteiger partial charge on any atom is 0.295 e. The van der Waals surface area contributed by atoms with Crippen LogP contribution in [0, 0.1) is 5.92 Å². The van der Waals surface area contributed by atoms with Crippen molar-refractivity contribution in [3.8, 4) is 11.5 Å². The first-order valence-corrected chi connectivity index (χ1v) is 12.9. The third-order valence-corrected chi connectivity index (χ3v) is 7.05. The smallest absolute Gasteiger partial charge is 0.295 e. The Labute approximate surface area is 219 Å². The van der Waals surface area contributed by atoms with Crippen LogP contribution in [0.2, 0.25) is 0 Å². The van der Waals surface area contributed by atoms with Crippen molar-refractivity contribution in [3.05, 3.63) is 137 Å². The van der Waals surface area contributed by atoms with Crippen molar-refractivity contribution in [2.45, 2.75) is 32.7 Å². The zero-order chi connectivity index (χ0) is 25.2. The molecule has 0 N–H and O–H groups in total. The van der Waals surface area contributed by atoms with Crippen LogP contribution in [0.3, 0.4) is 0 Å². The van der Waals surface area contributed by atoms with E-state index in [2.05, 4.69) is 122 Å². The Balaban J connectivity index is 1.38. The lowest BCUT2D eigenvalue weighted by Crippen LogP contribution is -2.46. The third-order valence-electron chi connectivity index (χ3n) is 7.05. The van der Waals surface area contributed by atoms with Gasteiger partial charge in [-0.1, -0.05) is 92.7 Å². The average Bonchev–Trinajstić information content (AvgIpc) is 2.93. The molecule has 0 amide bonds. The summed E-state index contributed by atoms with van der Waals surface area (Å²) >= 11 is 0. The van der Waals surface area contributed by atoms with Crippen LogP contribution in [0.5, 0.6) is 11.5 Å². The minimum absolute atomic E-state index is 0.260.